The van der Waals surface area contributed by atoms with Gasteiger partial charge in [0.2, 0.25) is 11.9 Å². The van der Waals surface area contributed by atoms with Crippen molar-refractivity contribution < 1.29 is 9.53 Å². The molecule has 2 aromatic heterocycles. The van der Waals surface area contributed by atoms with Gasteiger partial charge in [0.1, 0.15) is 5.75 Å². The first-order chi connectivity index (χ1) is 17.0. The highest BCUT2D eigenvalue weighted by atomic mass is 16.5. The van der Waals surface area contributed by atoms with E-state index < -0.39 is 0 Å². The largest absolute Gasteiger partial charge is 0.494 e. The van der Waals surface area contributed by atoms with Crippen LogP contribution in [0.2, 0.25) is 0 Å². The molecule has 0 aliphatic carbocycles. The minimum absolute atomic E-state index is 0.0729. The third-order valence-electron chi connectivity index (χ3n) is 6.23. The zero-order valence-corrected chi connectivity index (χ0v) is 20.2. The molecule has 3 heterocycles. The van der Waals surface area contributed by atoms with E-state index in [1.807, 2.05) is 59.0 Å². The van der Waals surface area contributed by atoms with Crippen LogP contribution in [0.5, 0.6) is 5.75 Å². The molecule has 1 amide bonds. The molecule has 4 aromatic rings. The Hall–Kier alpha value is -4.20. The lowest BCUT2D eigenvalue weighted by atomic mass is 9.99. The topological polar surface area (TPSA) is 85.2 Å². The number of carbonyl (C=O) groups is 1. The van der Waals surface area contributed by atoms with Crippen molar-refractivity contribution in [3.8, 4) is 11.4 Å². The molecule has 1 aliphatic rings. The summed E-state index contributed by atoms with van der Waals surface area (Å²) in [4.78, 5) is 27.9. The van der Waals surface area contributed by atoms with Gasteiger partial charge in [-0.1, -0.05) is 30.3 Å². The average molecular weight is 469 g/mol. The quantitative estimate of drug-likeness (QED) is 0.456. The highest BCUT2D eigenvalue weighted by Crippen LogP contribution is 2.29. The number of carbonyl (C=O) groups excluding carboxylic acids is 1. The van der Waals surface area contributed by atoms with Crippen LogP contribution in [0.4, 0.5) is 11.6 Å². The fourth-order valence-corrected chi connectivity index (χ4v) is 4.39. The van der Waals surface area contributed by atoms with Crippen LogP contribution in [0.15, 0.2) is 61.1 Å². The van der Waals surface area contributed by atoms with Crippen molar-refractivity contribution >= 4 is 17.5 Å². The smallest absolute Gasteiger partial charge is 0.227 e. The van der Waals surface area contributed by atoms with Gasteiger partial charge in [-0.25, -0.2) is 15.0 Å². The zero-order chi connectivity index (χ0) is 24.4. The molecule has 0 fully saturated rings. The van der Waals surface area contributed by atoms with Gasteiger partial charge in [0.05, 0.1) is 36.2 Å². The first kappa shape index (κ1) is 22.6. The molecular formula is C27H28N6O2. The molecule has 0 unspecified atom stereocenters. The highest BCUT2D eigenvalue weighted by molar-refractivity contribution is 5.73. The summed E-state index contributed by atoms with van der Waals surface area (Å²) in [7, 11) is 1.65. The van der Waals surface area contributed by atoms with E-state index in [-0.39, 0.29) is 5.91 Å². The van der Waals surface area contributed by atoms with E-state index in [2.05, 4.69) is 22.4 Å². The van der Waals surface area contributed by atoms with Crippen LogP contribution in [-0.4, -0.2) is 44.0 Å². The Kier molecular flexibility index (Phi) is 6.18. The van der Waals surface area contributed by atoms with Crippen molar-refractivity contribution in [1.82, 2.24) is 24.4 Å². The minimum Gasteiger partial charge on any atom is -0.494 e. The number of hydrogen-bond acceptors (Lipinski definition) is 6. The Labute approximate surface area is 204 Å². The van der Waals surface area contributed by atoms with E-state index >= 15 is 0 Å². The molecular weight excluding hydrogens is 440 g/mol. The van der Waals surface area contributed by atoms with Gasteiger partial charge in [0.15, 0.2) is 0 Å². The van der Waals surface area contributed by atoms with Crippen LogP contribution in [0.25, 0.3) is 5.69 Å². The Bertz CT molecular complexity index is 1370. The van der Waals surface area contributed by atoms with Crippen molar-refractivity contribution in [3.63, 3.8) is 0 Å². The van der Waals surface area contributed by atoms with E-state index in [0.29, 0.717) is 37.6 Å². The number of anilines is 2. The monoisotopic (exact) mass is 468 g/mol. The molecule has 2 aromatic carbocycles. The predicted molar refractivity (Wildman–Crippen MR) is 134 cm³/mol. The van der Waals surface area contributed by atoms with Crippen LogP contribution >= 0.6 is 0 Å². The fraction of sp³-hybridized carbons (Fsp3) is 0.259. The normalized spacial score (nSPS) is 12.8. The zero-order valence-electron chi connectivity index (χ0n) is 20.2. The Balaban J connectivity index is 1.48. The number of benzene rings is 2. The third kappa shape index (κ3) is 4.87. The third-order valence-corrected chi connectivity index (χ3v) is 6.23. The summed E-state index contributed by atoms with van der Waals surface area (Å²) in [6, 6.07) is 16.1. The first-order valence-electron chi connectivity index (χ1n) is 11.6. The van der Waals surface area contributed by atoms with E-state index in [1.165, 1.54) is 5.56 Å². The predicted octanol–water partition coefficient (Wildman–Crippen LogP) is 4.22. The van der Waals surface area contributed by atoms with Gasteiger partial charge in [-0.05, 0) is 24.6 Å². The molecule has 0 atom stereocenters. The van der Waals surface area contributed by atoms with Gasteiger partial charge < -0.3 is 19.5 Å². The van der Waals surface area contributed by atoms with Crippen molar-refractivity contribution in [2.45, 2.75) is 33.2 Å². The molecule has 0 radical (unpaired) electrons. The van der Waals surface area contributed by atoms with Crippen molar-refractivity contribution in [3.05, 3.63) is 89.3 Å². The number of ether oxygens (including phenoxy) is 1. The number of aromatic nitrogens is 4. The SMILES string of the molecule is COc1cc(Nc2nc3c(c(Cc4ccccc4)n2)CN(C(C)=O)CC3)ccc1-n1cnc(C)c1. The number of nitrogens with zero attached hydrogens (tertiary/aromatic N) is 5. The van der Waals surface area contributed by atoms with Gasteiger partial charge in [-0.15, -0.1) is 0 Å². The van der Waals surface area contributed by atoms with Gasteiger partial charge in [0.25, 0.3) is 0 Å². The maximum absolute atomic E-state index is 12.0. The number of nitrogens with one attached hydrogen (secondary N) is 1. The van der Waals surface area contributed by atoms with Crippen molar-refractivity contribution in [1.29, 1.82) is 0 Å². The van der Waals surface area contributed by atoms with E-state index in [9.17, 15) is 4.79 Å². The van der Waals surface area contributed by atoms with Crippen molar-refractivity contribution in [2.75, 3.05) is 19.0 Å². The van der Waals surface area contributed by atoms with Crippen LogP contribution < -0.4 is 10.1 Å². The molecule has 0 saturated heterocycles. The fourth-order valence-electron chi connectivity index (χ4n) is 4.39. The summed E-state index contributed by atoms with van der Waals surface area (Å²) >= 11 is 0. The standard InChI is InChI=1S/C27H28N6O2/c1-18-15-33(17-28-18)25-10-9-21(14-26(25)35-3)29-27-30-23-11-12-32(19(2)34)16-22(23)24(31-27)13-20-7-5-4-6-8-20/h4-10,14-15,17H,11-13,16H2,1-3H3,(H,29,30,31). The van der Waals surface area contributed by atoms with Crippen molar-refractivity contribution in [2.24, 2.45) is 0 Å². The van der Waals surface area contributed by atoms with Crippen LogP contribution in [0.3, 0.4) is 0 Å². The number of methoxy groups -OCH3 is 1. The number of hydrogen-bond donors (Lipinski definition) is 1. The molecule has 0 bridgehead atoms. The molecule has 1 N–H and O–H groups in total. The number of rotatable bonds is 6. The van der Waals surface area contributed by atoms with E-state index in [4.69, 9.17) is 14.7 Å². The Morgan fingerprint density at radius 1 is 1.14 bits per heavy atom. The van der Waals surface area contributed by atoms with Gasteiger partial charge >= 0.3 is 0 Å². The van der Waals surface area contributed by atoms with Crippen LogP contribution in [0, 0.1) is 6.92 Å². The van der Waals surface area contributed by atoms with Gasteiger partial charge in [-0.2, -0.15) is 0 Å². The van der Waals surface area contributed by atoms with Gasteiger partial charge in [-0.3, -0.25) is 4.79 Å². The molecule has 178 valence electrons. The second-order valence-corrected chi connectivity index (χ2v) is 8.71. The number of amides is 1. The highest BCUT2D eigenvalue weighted by Gasteiger charge is 2.24. The summed E-state index contributed by atoms with van der Waals surface area (Å²) in [5.41, 5.74) is 6.81. The second kappa shape index (κ2) is 9.58. The van der Waals surface area contributed by atoms with Gasteiger partial charge in [0, 0.05) is 56.4 Å². The van der Waals surface area contributed by atoms with E-state index in [1.54, 1.807) is 20.4 Å². The summed E-state index contributed by atoms with van der Waals surface area (Å²) in [5.74, 6) is 1.33. The average Bonchev–Trinajstić information content (AvgIpc) is 3.30. The van der Waals surface area contributed by atoms with Crippen LogP contribution in [0.1, 0.15) is 35.1 Å². The Morgan fingerprint density at radius 3 is 2.69 bits per heavy atom. The molecule has 0 saturated carbocycles. The lowest BCUT2D eigenvalue weighted by Crippen LogP contribution is -2.35. The second-order valence-electron chi connectivity index (χ2n) is 8.71. The maximum atomic E-state index is 12.0. The van der Waals surface area contributed by atoms with E-state index in [0.717, 1.165) is 34.0 Å². The number of aryl methyl sites for hydroxylation is 1. The molecule has 35 heavy (non-hydrogen) atoms. The number of fused-ring (bicyclic) bond motifs is 1. The maximum Gasteiger partial charge on any atom is 0.227 e. The lowest BCUT2D eigenvalue weighted by molar-refractivity contribution is -0.129. The summed E-state index contributed by atoms with van der Waals surface area (Å²) in [6.07, 6.45) is 5.11. The Morgan fingerprint density at radius 2 is 1.97 bits per heavy atom. The molecule has 1 aliphatic heterocycles. The molecule has 8 heteroatoms. The summed E-state index contributed by atoms with van der Waals surface area (Å²) in [6.45, 7) is 4.77. The molecule has 8 nitrogen and oxygen atoms in total. The minimum atomic E-state index is 0.0729. The summed E-state index contributed by atoms with van der Waals surface area (Å²) in [5, 5.41) is 3.37. The van der Waals surface area contributed by atoms with Crippen LogP contribution in [-0.2, 0) is 24.2 Å². The summed E-state index contributed by atoms with van der Waals surface area (Å²) < 4.78 is 7.58. The lowest BCUT2D eigenvalue weighted by Gasteiger charge is -2.29. The number of imidazole rings is 1. The molecule has 0 spiro atoms. The molecule has 5 rings (SSSR count). The first-order valence-corrected chi connectivity index (χ1v) is 11.6.